The summed E-state index contributed by atoms with van der Waals surface area (Å²) in [4.78, 5) is 17.7. The van der Waals surface area contributed by atoms with Crippen molar-refractivity contribution in [2.24, 2.45) is 0 Å². The summed E-state index contributed by atoms with van der Waals surface area (Å²) in [5, 5.41) is 6.33. The number of nitrogens with zero attached hydrogens (tertiary/aromatic N) is 2. The normalized spacial score (nSPS) is 14.5. The Labute approximate surface area is 188 Å². The van der Waals surface area contributed by atoms with E-state index in [-0.39, 0.29) is 29.9 Å². The van der Waals surface area contributed by atoms with Crippen LogP contribution >= 0.6 is 0 Å². The molecule has 1 amide bonds. The van der Waals surface area contributed by atoms with E-state index in [9.17, 15) is 13.6 Å². The summed E-state index contributed by atoms with van der Waals surface area (Å²) in [6.07, 6.45) is 3.17. The highest BCUT2D eigenvalue weighted by Gasteiger charge is 2.27. The van der Waals surface area contributed by atoms with Gasteiger partial charge in [0.05, 0.1) is 17.3 Å². The number of pyridine rings is 1. The summed E-state index contributed by atoms with van der Waals surface area (Å²) >= 11 is 0. The number of imidazole rings is 1. The number of benzene rings is 2. The first-order valence-corrected chi connectivity index (χ1v) is 10.4. The van der Waals surface area contributed by atoms with Gasteiger partial charge in [-0.3, -0.25) is 9.20 Å². The number of amides is 1. The van der Waals surface area contributed by atoms with Crippen LogP contribution in [-0.2, 0) is 6.61 Å². The Kier molecular flexibility index (Phi) is 5.26. The summed E-state index contributed by atoms with van der Waals surface area (Å²) < 4.78 is 35.3. The lowest BCUT2D eigenvalue weighted by atomic mass is 10.1. The Balaban J connectivity index is 1.45. The zero-order chi connectivity index (χ0) is 22.9. The number of hydrogen-bond acceptors (Lipinski definition) is 4. The molecule has 2 N–H and O–H groups in total. The fourth-order valence-corrected chi connectivity index (χ4v) is 4.00. The standard InChI is InChI=1S/C25H20F2N4O2/c1-2-19-23(25(32)30-21-13-28-20-10-4-3-7-15(20)21)31-12-6-11-22(24(31)29-19)33-14-16-17(26)8-5-9-18(16)27/h2-12,21,28H,1,13-14H2,(H,30,32). The van der Waals surface area contributed by atoms with Crippen LogP contribution in [0.15, 0.2) is 67.4 Å². The van der Waals surface area contributed by atoms with E-state index < -0.39 is 11.6 Å². The molecule has 1 atom stereocenters. The van der Waals surface area contributed by atoms with E-state index in [4.69, 9.17) is 4.74 Å². The summed E-state index contributed by atoms with van der Waals surface area (Å²) in [7, 11) is 0. The number of carbonyl (C=O) groups excluding carboxylic acids is 1. The second-order valence-electron chi connectivity index (χ2n) is 7.60. The number of nitrogens with one attached hydrogen (secondary N) is 2. The molecule has 3 heterocycles. The van der Waals surface area contributed by atoms with Gasteiger partial charge in [0, 0.05) is 18.4 Å². The molecule has 0 spiro atoms. The molecule has 1 unspecified atom stereocenters. The van der Waals surface area contributed by atoms with Crippen molar-refractivity contribution in [3.63, 3.8) is 0 Å². The average Bonchev–Trinajstić information content (AvgIpc) is 3.40. The Morgan fingerprint density at radius 3 is 2.76 bits per heavy atom. The number of halogens is 2. The highest BCUT2D eigenvalue weighted by atomic mass is 19.1. The SMILES string of the molecule is C=Cc1nc2c(OCc3c(F)cccc3F)cccn2c1C(=O)NC1CNc2ccccc21. The fourth-order valence-electron chi connectivity index (χ4n) is 4.00. The molecule has 0 saturated carbocycles. The molecule has 0 fully saturated rings. The van der Waals surface area contributed by atoms with Gasteiger partial charge in [-0.05, 0) is 42.0 Å². The molecule has 0 bridgehead atoms. The predicted molar refractivity (Wildman–Crippen MR) is 121 cm³/mol. The highest BCUT2D eigenvalue weighted by Crippen LogP contribution is 2.30. The minimum Gasteiger partial charge on any atom is -0.485 e. The summed E-state index contributed by atoms with van der Waals surface area (Å²) in [5.74, 6) is -1.42. The van der Waals surface area contributed by atoms with Crippen molar-refractivity contribution in [3.05, 3.63) is 102 Å². The van der Waals surface area contributed by atoms with Crippen LogP contribution in [0, 0.1) is 11.6 Å². The van der Waals surface area contributed by atoms with Gasteiger partial charge in [-0.15, -0.1) is 0 Å². The van der Waals surface area contributed by atoms with Gasteiger partial charge < -0.3 is 15.4 Å². The number of para-hydroxylation sites is 1. The number of rotatable bonds is 6. The van der Waals surface area contributed by atoms with Crippen LogP contribution in [0.1, 0.15) is 33.4 Å². The van der Waals surface area contributed by atoms with Crippen LogP contribution in [0.3, 0.4) is 0 Å². The lowest BCUT2D eigenvalue weighted by Gasteiger charge is -2.13. The Bertz CT molecular complexity index is 1360. The molecule has 0 saturated heterocycles. The smallest absolute Gasteiger partial charge is 0.271 e. The second-order valence-corrected chi connectivity index (χ2v) is 7.60. The van der Waals surface area contributed by atoms with Gasteiger partial charge in [0.15, 0.2) is 11.4 Å². The minimum atomic E-state index is -0.692. The van der Waals surface area contributed by atoms with Gasteiger partial charge in [0.2, 0.25) is 0 Å². The molecule has 1 aliphatic heterocycles. The quantitative estimate of drug-likeness (QED) is 0.449. The van der Waals surface area contributed by atoms with E-state index in [1.165, 1.54) is 24.3 Å². The number of hydrogen-bond donors (Lipinski definition) is 2. The molecule has 5 rings (SSSR count). The molecule has 33 heavy (non-hydrogen) atoms. The number of ether oxygens (including phenoxy) is 1. The van der Waals surface area contributed by atoms with Crippen molar-refractivity contribution < 1.29 is 18.3 Å². The molecule has 6 nitrogen and oxygen atoms in total. The van der Waals surface area contributed by atoms with Crippen molar-refractivity contribution in [1.29, 1.82) is 0 Å². The van der Waals surface area contributed by atoms with Gasteiger partial charge in [0.25, 0.3) is 5.91 Å². The van der Waals surface area contributed by atoms with E-state index in [0.717, 1.165) is 11.3 Å². The maximum Gasteiger partial charge on any atom is 0.271 e. The Morgan fingerprint density at radius 1 is 1.18 bits per heavy atom. The lowest BCUT2D eigenvalue weighted by Crippen LogP contribution is -2.31. The van der Waals surface area contributed by atoms with Crippen LogP contribution in [0.4, 0.5) is 14.5 Å². The molecular weight excluding hydrogens is 426 g/mol. The van der Waals surface area contributed by atoms with Crippen LogP contribution in [0.5, 0.6) is 5.75 Å². The third-order valence-electron chi connectivity index (χ3n) is 5.62. The summed E-state index contributed by atoms with van der Waals surface area (Å²) in [5.41, 5.74) is 2.84. The monoisotopic (exact) mass is 446 g/mol. The van der Waals surface area contributed by atoms with Crippen molar-refractivity contribution in [1.82, 2.24) is 14.7 Å². The first-order valence-electron chi connectivity index (χ1n) is 10.4. The van der Waals surface area contributed by atoms with Gasteiger partial charge in [0.1, 0.15) is 23.9 Å². The molecular formula is C25H20F2N4O2. The number of carbonyl (C=O) groups is 1. The highest BCUT2D eigenvalue weighted by molar-refractivity contribution is 5.97. The average molecular weight is 446 g/mol. The van der Waals surface area contributed by atoms with Gasteiger partial charge >= 0.3 is 0 Å². The van der Waals surface area contributed by atoms with Gasteiger partial charge in [-0.1, -0.05) is 30.8 Å². The Morgan fingerprint density at radius 2 is 1.97 bits per heavy atom. The molecule has 8 heteroatoms. The van der Waals surface area contributed by atoms with Gasteiger partial charge in [-0.2, -0.15) is 0 Å². The lowest BCUT2D eigenvalue weighted by molar-refractivity contribution is 0.0933. The van der Waals surface area contributed by atoms with E-state index in [1.54, 1.807) is 22.7 Å². The van der Waals surface area contributed by atoms with E-state index >= 15 is 0 Å². The van der Waals surface area contributed by atoms with Crippen LogP contribution in [0.25, 0.3) is 11.7 Å². The molecule has 166 valence electrons. The molecule has 2 aromatic heterocycles. The van der Waals surface area contributed by atoms with E-state index in [2.05, 4.69) is 22.2 Å². The number of fused-ring (bicyclic) bond motifs is 2. The fraction of sp³-hybridized carbons (Fsp3) is 0.120. The zero-order valence-electron chi connectivity index (χ0n) is 17.5. The van der Waals surface area contributed by atoms with Crippen molar-refractivity contribution in [3.8, 4) is 5.75 Å². The van der Waals surface area contributed by atoms with Crippen LogP contribution in [-0.4, -0.2) is 21.8 Å². The zero-order valence-corrected chi connectivity index (χ0v) is 17.5. The minimum absolute atomic E-state index is 0.180. The summed E-state index contributed by atoms with van der Waals surface area (Å²) in [6.45, 7) is 4.03. The van der Waals surface area contributed by atoms with Crippen LogP contribution < -0.4 is 15.4 Å². The van der Waals surface area contributed by atoms with Crippen LogP contribution in [0.2, 0.25) is 0 Å². The largest absolute Gasteiger partial charge is 0.485 e. The Hall–Kier alpha value is -4.20. The topological polar surface area (TPSA) is 67.7 Å². The first-order chi connectivity index (χ1) is 16.1. The molecule has 1 aliphatic rings. The molecule has 0 aliphatic carbocycles. The molecule has 0 radical (unpaired) electrons. The number of anilines is 1. The van der Waals surface area contributed by atoms with E-state index in [1.807, 2.05) is 24.3 Å². The van der Waals surface area contributed by atoms with Gasteiger partial charge in [-0.25, -0.2) is 13.8 Å². The van der Waals surface area contributed by atoms with E-state index in [0.29, 0.717) is 23.6 Å². The number of aromatic nitrogens is 2. The summed E-state index contributed by atoms with van der Waals surface area (Å²) in [6, 6.07) is 14.6. The second kappa shape index (κ2) is 8.38. The van der Waals surface area contributed by atoms with Crippen molar-refractivity contribution >= 4 is 23.3 Å². The molecule has 4 aromatic rings. The van der Waals surface area contributed by atoms with Crippen molar-refractivity contribution in [2.75, 3.05) is 11.9 Å². The maximum absolute atomic E-state index is 14.0. The first kappa shape index (κ1) is 20.7. The van der Waals surface area contributed by atoms with Crippen molar-refractivity contribution in [2.45, 2.75) is 12.6 Å². The maximum atomic E-state index is 14.0. The third kappa shape index (κ3) is 3.69. The third-order valence-corrected chi connectivity index (χ3v) is 5.62. The molecule has 2 aromatic carbocycles. The predicted octanol–water partition coefficient (Wildman–Crippen LogP) is 4.73.